The number of aryl methyl sites for hydroxylation is 1. The second kappa shape index (κ2) is 6.87. The van der Waals surface area contributed by atoms with Crippen LogP contribution in [0.25, 0.3) is 0 Å². The monoisotopic (exact) mass is 286 g/mol. The summed E-state index contributed by atoms with van der Waals surface area (Å²) < 4.78 is 11.0. The molecule has 0 saturated carbocycles. The van der Waals surface area contributed by atoms with Crippen molar-refractivity contribution in [3.05, 3.63) is 53.7 Å². The average Bonchev–Trinajstić information content (AvgIpc) is 3.16. The van der Waals surface area contributed by atoms with Gasteiger partial charge >= 0.3 is 0 Å². The molecule has 0 amide bonds. The van der Waals surface area contributed by atoms with E-state index in [4.69, 9.17) is 9.15 Å². The molecule has 4 nitrogen and oxygen atoms in total. The molecule has 4 heteroatoms. The molecule has 1 N–H and O–H groups in total. The second-order valence-corrected chi connectivity index (χ2v) is 5.67. The molecule has 1 aromatic carbocycles. The third-order valence-corrected chi connectivity index (χ3v) is 3.96. The van der Waals surface area contributed by atoms with Crippen LogP contribution < -0.4 is 5.32 Å². The van der Waals surface area contributed by atoms with Gasteiger partial charge in [-0.3, -0.25) is 0 Å². The van der Waals surface area contributed by atoms with E-state index >= 15 is 0 Å². The lowest BCUT2D eigenvalue weighted by atomic mass is 9.94. The Bertz CT molecular complexity index is 547. The first kappa shape index (κ1) is 14.3. The zero-order valence-electron chi connectivity index (χ0n) is 12.4. The van der Waals surface area contributed by atoms with Crippen LogP contribution >= 0.6 is 0 Å². The molecular weight excluding hydrogens is 264 g/mol. The maximum atomic E-state index is 5.54. The van der Waals surface area contributed by atoms with Crippen LogP contribution in [0, 0.1) is 12.8 Å². The van der Waals surface area contributed by atoms with Crippen molar-refractivity contribution in [1.82, 2.24) is 10.3 Å². The Hall–Kier alpha value is -1.65. The van der Waals surface area contributed by atoms with Crippen molar-refractivity contribution in [2.24, 2.45) is 5.92 Å². The number of benzene rings is 1. The largest absolute Gasteiger partial charge is 0.445 e. The lowest BCUT2D eigenvalue weighted by molar-refractivity contribution is 0.181. The van der Waals surface area contributed by atoms with Crippen molar-refractivity contribution in [3.8, 4) is 0 Å². The number of rotatable bonds is 6. The first-order valence-electron chi connectivity index (χ1n) is 7.58. The fourth-order valence-electron chi connectivity index (χ4n) is 2.82. The van der Waals surface area contributed by atoms with Crippen LogP contribution in [0.1, 0.15) is 36.1 Å². The van der Waals surface area contributed by atoms with Gasteiger partial charge in [0.05, 0.1) is 12.7 Å². The first-order chi connectivity index (χ1) is 10.3. The van der Waals surface area contributed by atoms with Crippen LogP contribution in [0.3, 0.4) is 0 Å². The van der Waals surface area contributed by atoms with Crippen LogP contribution in [0.4, 0.5) is 0 Å². The Morgan fingerprint density at radius 1 is 1.33 bits per heavy atom. The number of hydrogen-bond acceptors (Lipinski definition) is 4. The highest BCUT2D eigenvalue weighted by atomic mass is 16.5. The SMILES string of the molecule is Cc1cnc(CNC(CC2CCOC2)c2ccccc2)o1. The summed E-state index contributed by atoms with van der Waals surface area (Å²) in [6.45, 7) is 4.34. The fraction of sp³-hybridized carbons (Fsp3) is 0.471. The zero-order chi connectivity index (χ0) is 14.5. The molecule has 0 aliphatic carbocycles. The standard InChI is InChI=1S/C17H22N2O2/c1-13-10-19-17(21-13)11-18-16(9-14-7-8-20-12-14)15-5-3-2-4-6-15/h2-6,10,14,16,18H,7-9,11-12H2,1H3. The second-order valence-electron chi connectivity index (χ2n) is 5.67. The van der Waals surface area contributed by atoms with Crippen LogP contribution in [0.5, 0.6) is 0 Å². The molecule has 2 atom stereocenters. The van der Waals surface area contributed by atoms with Gasteiger partial charge in [0, 0.05) is 19.3 Å². The predicted octanol–water partition coefficient (Wildman–Crippen LogP) is 3.24. The van der Waals surface area contributed by atoms with Gasteiger partial charge in [-0.15, -0.1) is 0 Å². The number of nitrogens with zero attached hydrogens (tertiary/aromatic N) is 1. The van der Waals surface area contributed by atoms with Crippen molar-refractivity contribution in [1.29, 1.82) is 0 Å². The van der Waals surface area contributed by atoms with Gasteiger partial charge in [-0.1, -0.05) is 30.3 Å². The smallest absolute Gasteiger partial charge is 0.208 e. The molecule has 0 spiro atoms. The summed E-state index contributed by atoms with van der Waals surface area (Å²) in [5.41, 5.74) is 1.31. The molecule has 21 heavy (non-hydrogen) atoms. The minimum absolute atomic E-state index is 0.310. The third kappa shape index (κ3) is 3.93. The van der Waals surface area contributed by atoms with E-state index < -0.39 is 0 Å². The number of oxazole rings is 1. The van der Waals surface area contributed by atoms with Crippen LogP contribution in [-0.2, 0) is 11.3 Å². The van der Waals surface area contributed by atoms with E-state index in [1.807, 2.05) is 6.92 Å². The van der Waals surface area contributed by atoms with Gasteiger partial charge in [-0.25, -0.2) is 4.98 Å². The fourth-order valence-corrected chi connectivity index (χ4v) is 2.82. The molecule has 2 unspecified atom stereocenters. The topological polar surface area (TPSA) is 47.3 Å². The van der Waals surface area contributed by atoms with Crippen molar-refractivity contribution in [2.75, 3.05) is 13.2 Å². The van der Waals surface area contributed by atoms with Crippen molar-refractivity contribution >= 4 is 0 Å². The highest BCUT2D eigenvalue weighted by molar-refractivity contribution is 5.19. The zero-order valence-corrected chi connectivity index (χ0v) is 12.4. The van der Waals surface area contributed by atoms with E-state index in [0.29, 0.717) is 18.5 Å². The van der Waals surface area contributed by atoms with Crippen molar-refractivity contribution in [2.45, 2.75) is 32.4 Å². The van der Waals surface area contributed by atoms with Crippen LogP contribution in [0.15, 0.2) is 40.9 Å². The molecule has 0 bridgehead atoms. The summed E-state index contributed by atoms with van der Waals surface area (Å²) in [4.78, 5) is 4.26. The molecule has 112 valence electrons. The van der Waals surface area contributed by atoms with Gasteiger partial charge in [0.25, 0.3) is 0 Å². The van der Waals surface area contributed by atoms with Gasteiger partial charge in [-0.2, -0.15) is 0 Å². The summed E-state index contributed by atoms with van der Waals surface area (Å²) >= 11 is 0. The maximum absolute atomic E-state index is 5.54. The van der Waals surface area contributed by atoms with Gasteiger partial charge < -0.3 is 14.5 Å². The summed E-state index contributed by atoms with van der Waals surface area (Å²) in [5.74, 6) is 2.23. The van der Waals surface area contributed by atoms with Crippen LogP contribution in [0.2, 0.25) is 0 Å². The Balaban J connectivity index is 1.66. The molecule has 1 saturated heterocycles. The first-order valence-corrected chi connectivity index (χ1v) is 7.58. The molecule has 0 radical (unpaired) electrons. The molecular formula is C17H22N2O2. The van der Waals surface area contributed by atoms with E-state index in [-0.39, 0.29) is 0 Å². The summed E-state index contributed by atoms with van der Waals surface area (Å²) in [6, 6.07) is 10.9. The molecule has 2 aromatic rings. The van der Waals surface area contributed by atoms with Crippen molar-refractivity contribution in [3.63, 3.8) is 0 Å². The summed E-state index contributed by atoms with van der Waals surface area (Å²) in [7, 11) is 0. The number of aromatic nitrogens is 1. The quantitative estimate of drug-likeness (QED) is 0.885. The van der Waals surface area contributed by atoms with Gasteiger partial charge in [0.1, 0.15) is 5.76 Å². The highest BCUT2D eigenvalue weighted by Gasteiger charge is 2.22. The lowest BCUT2D eigenvalue weighted by Gasteiger charge is -2.21. The molecule has 3 rings (SSSR count). The highest BCUT2D eigenvalue weighted by Crippen LogP contribution is 2.26. The van der Waals surface area contributed by atoms with E-state index in [9.17, 15) is 0 Å². The van der Waals surface area contributed by atoms with Gasteiger partial charge in [-0.05, 0) is 31.2 Å². The number of ether oxygens (including phenoxy) is 1. The van der Waals surface area contributed by atoms with Gasteiger partial charge in [0.15, 0.2) is 0 Å². The molecule has 2 heterocycles. The predicted molar refractivity (Wildman–Crippen MR) is 80.8 cm³/mol. The number of hydrogen-bond donors (Lipinski definition) is 1. The third-order valence-electron chi connectivity index (χ3n) is 3.96. The van der Waals surface area contributed by atoms with Gasteiger partial charge in [0.2, 0.25) is 5.89 Å². The minimum atomic E-state index is 0.310. The maximum Gasteiger partial charge on any atom is 0.208 e. The Labute approximate surface area is 125 Å². The Kier molecular flexibility index (Phi) is 4.68. The lowest BCUT2D eigenvalue weighted by Crippen LogP contribution is -2.24. The van der Waals surface area contributed by atoms with E-state index in [0.717, 1.165) is 37.7 Å². The normalized spacial score (nSPS) is 19.8. The summed E-state index contributed by atoms with van der Waals surface area (Å²) in [6.07, 6.45) is 4.01. The molecule has 1 aliphatic rings. The molecule has 1 aliphatic heterocycles. The average molecular weight is 286 g/mol. The number of nitrogens with one attached hydrogen (secondary N) is 1. The minimum Gasteiger partial charge on any atom is -0.445 e. The van der Waals surface area contributed by atoms with E-state index in [2.05, 4.69) is 40.6 Å². The molecule has 1 aromatic heterocycles. The Morgan fingerprint density at radius 3 is 2.86 bits per heavy atom. The Morgan fingerprint density at radius 2 is 2.19 bits per heavy atom. The van der Waals surface area contributed by atoms with E-state index in [1.54, 1.807) is 6.20 Å². The molecule has 1 fully saturated rings. The van der Waals surface area contributed by atoms with Crippen molar-refractivity contribution < 1.29 is 9.15 Å². The van der Waals surface area contributed by atoms with E-state index in [1.165, 1.54) is 5.56 Å². The summed E-state index contributed by atoms with van der Waals surface area (Å²) in [5, 5.41) is 3.58. The van der Waals surface area contributed by atoms with Crippen LogP contribution in [-0.4, -0.2) is 18.2 Å².